The Morgan fingerprint density at radius 1 is 0.944 bits per heavy atom. The van der Waals surface area contributed by atoms with Crippen LogP contribution in [0.3, 0.4) is 0 Å². The molecule has 0 bridgehead atoms. The fourth-order valence-electron chi connectivity index (χ4n) is 4.55. The van der Waals surface area contributed by atoms with E-state index in [0.29, 0.717) is 5.54 Å². The van der Waals surface area contributed by atoms with Gasteiger partial charge in [-0.25, -0.2) is 0 Å². The molecular weight excluding hydrogens is 220 g/mol. The van der Waals surface area contributed by atoms with E-state index in [-0.39, 0.29) is 0 Å². The molecule has 0 spiro atoms. The third-order valence-corrected chi connectivity index (χ3v) is 6.32. The van der Waals surface area contributed by atoms with Gasteiger partial charge in [-0.15, -0.1) is 0 Å². The Hall–Kier alpha value is -0.0800. The number of piperidine rings is 1. The van der Waals surface area contributed by atoms with Crippen molar-refractivity contribution < 1.29 is 0 Å². The molecule has 2 aliphatic carbocycles. The number of likely N-dealkylation sites (tertiary alicyclic amines) is 1. The van der Waals surface area contributed by atoms with Gasteiger partial charge in [0.1, 0.15) is 0 Å². The first kappa shape index (κ1) is 12.9. The Balaban J connectivity index is 1.78. The Bertz CT molecular complexity index is 259. The van der Waals surface area contributed by atoms with Crippen LogP contribution in [0.15, 0.2) is 0 Å². The van der Waals surface area contributed by atoms with Crippen LogP contribution in [0.5, 0.6) is 0 Å². The van der Waals surface area contributed by atoms with E-state index in [0.717, 1.165) is 24.3 Å². The second-order valence-corrected chi connectivity index (χ2v) is 7.12. The second-order valence-electron chi connectivity index (χ2n) is 7.12. The van der Waals surface area contributed by atoms with Crippen LogP contribution >= 0.6 is 0 Å². The van der Waals surface area contributed by atoms with Crippen molar-refractivity contribution in [3.05, 3.63) is 0 Å². The van der Waals surface area contributed by atoms with Gasteiger partial charge in [0.2, 0.25) is 0 Å². The molecule has 104 valence electrons. The van der Waals surface area contributed by atoms with Crippen LogP contribution in [-0.2, 0) is 0 Å². The molecule has 2 heteroatoms. The topological polar surface area (TPSA) is 29.3 Å². The van der Waals surface area contributed by atoms with E-state index in [1.165, 1.54) is 64.5 Å². The first-order chi connectivity index (χ1) is 8.77. The normalized spacial score (nSPS) is 29.0. The summed E-state index contributed by atoms with van der Waals surface area (Å²) in [5.41, 5.74) is 6.75. The molecule has 0 amide bonds. The highest BCUT2D eigenvalue weighted by atomic mass is 15.2. The summed E-state index contributed by atoms with van der Waals surface area (Å²) in [5, 5.41) is 0. The molecule has 1 saturated heterocycles. The van der Waals surface area contributed by atoms with Gasteiger partial charge in [0, 0.05) is 12.1 Å². The van der Waals surface area contributed by atoms with Crippen LogP contribution in [0.2, 0.25) is 0 Å². The monoisotopic (exact) mass is 250 g/mol. The second kappa shape index (κ2) is 5.13. The van der Waals surface area contributed by atoms with E-state index in [2.05, 4.69) is 11.8 Å². The van der Waals surface area contributed by atoms with Crippen molar-refractivity contribution in [1.82, 2.24) is 4.90 Å². The number of hydrogen-bond acceptors (Lipinski definition) is 2. The summed E-state index contributed by atoms with van der Waals surface area (Å²) in [6.45, 7) is 5.95. The molecule has 0 atom stereocenters. The largest absolute Gasteiger partial charge is 0.329 e. The summed E-state index contributed by atoms with van der Waals surface area (Å²) in [6, 6.07) is 0. The summed E-state index contributed by atoms with van der Waals surface area (Å²) < 4.78 is 0. The van der Waals surface area contributed by atoms with Crippen molar-refractivity contribution >= 4 is 0 Å². The molecule has 3 rings (SSSR count). The third kappa shape index (κ3) is 1.92. The smallest absolute Gasteiger partial charge is 0.0387 e. The van der Waals surface area contributed by atoms with E-state index in [1.807, 2.05) is 0 Å². The summed E-state index contributed by atoms with van der Waals surface area (Å²) >= 11 is 0. The van der Waals surface area contributed by atoms with E-state index in [1.54, 1.807) is 0 Å². The lowest BCUT2D eigenvalue weighted by molar-refractivity contribution is -0.0799. The van der Waals surface area contributed by atoms with Crippen LogP contribution in [0.4, 0.5) is 0 Å². The Kier molecular flexibility index (Phi) is 3.68. The van der Waals surface area contributed by atoms with Crippen molar-refractivity contribution in [2.45, 2.75) is 63.8 Å². The highest BCUT2D eigenvalue weighted by Gasteiger charge is 2.52. The predicted molar refractivity (Wildman–Crippen MR) is 76.4 cm³/mol. The minimum Gasteiger partial charge on any atom is -0.329 e. The summed E-state index contributed by atoms with van der Waals surface area (Å²) in [4.78, 5) is 2.83. The number of rotatable bonds is 4. The van der Waals surface area contributed by atoms with Crippen molar-refractivity contribution in [3.63, 3.8) is 0 Å². The summed E-state index contributed by atoms with van der Waals surface area (Å²) in [7, 11) is 0. The Morgan fingerprint density at radius 2 is 1.44 bits per heavy atom. The predicted octanol–water partition coefficient (Wildman–Crippen LogP) is 3.02. The minimum absolute atomic E-state index is 0.399. The average Bonchev–Trinajstić information content (AvgIpc) is 2.24. The maximum Gasteiger partial charge on any atom is 0.0387 e. The van der Waals surface area contributed by atoms with Gasteiger partial charge < -0.3 is 5.73 Å². The Morgan fingerprint density at radius 3 is 1.78 bits per heavy atom. The van der Waals surface area contributed by atoms with E-state index < -0.39 is 0 Å². The SMILES string of the molecule is CC1CCN(C(CN)(C2CCC2)C2CCC2)CC1. The number of nitrogens with two attached hydrogens (primary N) is 1. The molecule has 2 saturated carbocycles. The van der Waals surface area contributed by atoms with Gasteiger partial charge in [0.05, 0.1) is 0 Å². The molecule has 18 heavy (non-hydrogen) atoms. The fraction of sp³-hybridized carbons (Fsp3) is 1.00. The molecule has 1 aliphatic heterocycles. The van der Waals surface area contributed by atoms with E-state index in [4.69, 9.17) is 5.73 Å². The molecule has 0 aromatic rings. The van der Waals surface area contributed by atoms with Crippen LogP contribution in [0.1, 0.15) is 58.3 Å². The zero-order valence-corrected chi connectivity index (χ0v) is 12.0. The van der Waals surface area contributed by atoms with Gasteiger partial charge in [-0.1, -0.05) is 19.8 Å². The third-order valence-electron chi connectivity index (χ3n) is 6.32. The quantitative estimate of drug-likeness (QED) is 0.831. The maximum absolute atomic E-state index is 6.35. The fourth-order valence-corrected chi connectivity index (χ4v) is 4.55. The number of hydrogen-bond donors (Lipinski definition) is 1. The zero-order chi connectivity index (χ0) is 12.6. The molecule has 3 fully saturated rings. The molecule has 3 aliphatic rings. The average molecular weight is 250 g/mol. The molecule has 0 radical (unpaired) electrons. The van der Waals surface area contributed by atoms with E-state index >= 15 is 0 Å². The lowest BCUT2D eigenvalue weighted by atomic mass is 9.58. The molecule has 0 aromatic carbocycles. The zero-order valence-electron chi connectivity index (χ0n) is 12.0. The highest BCUT2D eigenvalue weighted by Crippen LogP contribution is 2.50. The highest BCUT2D eigenvalue weighted by molar-refractivity contribution is 5.07. The van der Waals surface area contributed by atoms with Gasteiger partial charge in [-0.05, 0) is 69.4 Å². The van der Waals surface area contributed by atoms with Gasteiger partial charge >= 0.3 is 0 Å². The van der Waals surface area contributed by atoms with E-state index in [9.17, 15) is 0 Å². The molecular formula is C16H30N2. The molecule has 1 heterocycles. The summed E-state index contributed by atoms with van der Waals surface area (Å²) in [6.07, 6.45) is 11.5. The van der Waals surface area contributed by atoms with Crippen molar-refractivity contribution in [3.8, 4) is 0 Å². The van der Waals surface area contributed by atoms with Gasteiger partial charge in [-0.2, -0.15) is 0 Å². The lowest BCUT2D eigenvalue weighted by Gasteiger charge is -2.59. The molecule has 2 N–H and O–H groups in total. The molecule has 2 nitrogen and oxygen atoms in total. The molecule has 0 unspecified atom stereocenters. The van der Waals surface area contributed by atoms with Gasteiger partial charge in [0.25, 0.3) is 0 Å². The molecule has 0 aromatic heterocycles. The van der Waals surface area contributed by atoms with Crippen molar-refractivity contribution in [2.75, 3.05) is 19.6 Å². The van der Waals surface area contributed by atoms with Gasteiger partial charge in [-0.3, -0.25) is 4.90 Å². The maximum atomic E-state index is 6.35. The van der Waals surface area contributed by atoms with Crippen LogP contribution in [0, 0.1) is 17.8 Å². The Labute approximate surface area is 112 Å². The van der Waals surface area contributed by atoms with Gasteiger partial charge in [0.15, 0.2) is 0 Å². The standard InChI is InChI=1S/C16H30N2/c1-13-8-10-18(11-9-13)16(12-17,14-4-2-5-14)15-6-3-7-15/h13-15H,2-12,17H2,1H3. The first-order valence-electron chi connectivity index (χ1n) is 8.22. The van der Waals surface area contributed by atoms with Crippen molar-refractivity contribution in [2.24, 2.45) is 23.5 Å². The van der Waals surface area contributed by atoms with Crippen LogP contribution in [-0.4, -0.2) is 30.1 Å². The first-order valence-corrected chi connectivity index (χ1v) is 8.22. The minimum atomic E-state index is 0.399. The van der Waals surface area contributed by atoms with Crippen LogP contribution < -0.4 is 5.73 Å². The van der Waals surface area contributed by atoms with Crippen LogP contribution in [0.25, 0.3) is 0 Å². The van der Waals surface area contributed by atoms with Crippen molar-refractivity contribution in [1.29, 1.82) is 0 Å². The lowest BCUT2D eigenvalue weighted by Crippen LogP contribution is -2.67. The summed E-state index contributed by atoms with van der Waals surface area (Å²) in [5.74, 6) is 2.77. The number of nitrogens with zero attached hydrogens (tertiary/aromatic N) is 1.